The Labute approximate surface area is 119 Å². The Hall–Kier alpha value is -1.41. The summed E-state index contributed by atoms with van der Waals surface area (Å²) in [6.07, 6.45) is 1.98. The topological polar surface area (TPSA) is 18.5 Å². The van der Waals surface area contributed by atoms with Gasteiger partial charge in [0.15, 0.2) is 0 Å². The number of hydrogen-bond acceptors (Lipinski definition) is 2. The molecule has 0 atom stereocenters. The lowest BCUT2D eigenvalue weighted by Gasteiger charge is -2.08. The van der Waals surface area contributed by atoms with E-state index < -0.39 is 0 Å². The minimum atomic E-state index is 0.688. The molecule has 0 aliphatic carbocycles. The first-order valence-electron chi connectivity index (χ1n) is 6.69. The van der Waals surface area contributed by atoms with E-state index in [-0.39, 0.29) is 0 Å². The SMILES string of the molecule is CCOc1ccc2cc(OCCCCCl)ccc2c1. The Morgan fingerprint density at radius 3 is 2.11 bits per heavy atom. The normalized spacial score (nSPS) is 10.6. The lowest BCUT2D eigenvalue weighted by atomic mass is 10.1. The van der Waals surface area contributed by atoms with Gasteiger partial charge >= 0.3 is 0 Å². The van der Waals surface area contributed by atoms with E-state index in [0.717, 1.165) is 30.9 Å². The molecule has 0 fully saturated rings. The summed E-state index contributed by atoms with van der Waals surface area (Å²) < 4.78 is 11.2. The summed E-state index contributed by atoms with van der Waals surface area (Å²) in [5, 5.41) is 2.33. The average molecular weight is 279 g/mol. The summed E-state index contributed by atoms with van der Waals surface area (Å²) in [4.78, 5) is 0. The molecule has 0 N–H and O–H groups in total. The highest BCUT2D eigenvalue weighted by Gasteiger charge is 2.00. The van der Waals surface area contributed by atoms with E-state index in [1.165, 1.54) is 10.8 Å². The van der Waals surface area contributed by atoms with E-state index >= 15 is 0 Å². The van der Waals surface area contributed by atoms with Gasteiger partial charge in [-0.25, -0.2) is 0 Å². The van der Waals surface area contributed by atoms with Gasteiger partial charge in [0.1, 0.15) is 11.5 Å². The number of rotatable bonds is 7. The van der Waals surface area contributed by atoms with Crippen molar-refractivity contribution in [2.24, 2.45) is 0 Å². The summed E-state index contributed by atoms with van der Waals surface area (Å²) in [6.45, 7) is 3.39. The number of alkyl halides is 1. The maximum Gasteiger partial charge on any atom is 0.119 e. The molecule has 0 saturated heterocycles. The first-order chi connectivity index (χ1) is 9.33. The fourth-order valence-corrected chi connectivity index (χ4v) is 2.12. The van der Waals surface area contributed by atoms with Gasteiger partial charge in [-0.2, -0.15) is 0 Å². The van der Waals surface area contributed by atoms with E-state index in [0.29, 0.717) is 12.5 Å². The highest BCUT2D eigenvalue weighted by Crippen LogP contribution is 2.25. The highest BCUT2D eigenvalue weighted by atomic mass is 35.5. The van der Waals surface area contributed by atoms with E-state index in [2.05, 4.69) is 24.3 Å². The fourth-order valence-electron chi connectivity index (χ4n) is 1.93. The van der Waals surface area contributed by atoms with Crippen LogP contribution in [0.5, 0.6) is 11.5 Å². The van der Waals surface area contributed by atoms with Crippen molar-refractivity contribution >= 4 is 22.4 Å². The molecule has 0 radical (unpaired) electrons. The maximum atomic E-state index is 5.70. The van der Waals surface area contributed by atoms with Crippen molar-refractivity contribution in [1.82, 2.24) is 0 Å². The quantitative estimate of drug-likeness (QED) is 0.543. The largest absolute Gasteiger partial charge is 0.494 e. The van der Waals surface area contributed by atoms with Gasteiger partial charge in [-0.3, -0.25) is 0 Å². The van der Waals surface area contributed by atoms with Gasteiger partial charge in [0.05, 0.1) is 13.2 Å². The van der Waals surface area contributed by atoms with E-state index in [1.54, 1.807) is 0 Å². The number of fused-ring (bicyclic) bond motifs is 1. The summed E-state index contributed by atoms with van der Waals surface area (Å²) in [6, 6.07) is 12.2. The van der Waals surface area contributed by atoms with Crippen LogP contribution in [0.3, 0.4) is 0 Å². The Kier molecular flexibility index (Phi) is 5.34. The molecule has 0 saturated carbocycles. The van der Waals surface area contributed by atoms with E-state index in [1.807, 2.05) is 19.1 Å². The zero-order valence-corrected chi connectivity index (χ0v) is 12.0. The van der Waals surface area contributed by atoms with Crippen LogP contribution in [-0.4, -0.2) is 19.1 Å². The molecular weight excluding hydrogens is 260 g/mol. The highest BCUT2D eigenvalue weighted by molar-refractivity contribution is 6.17. The Bertz CT molecular complexity index is 525. The van der Waals surface area contributed by atoms with Crippen molar-refractivity contribution in [2.75, 3.05) is 19.1 Å². The van der Waals surface area contributed by atoms with Gasteiger partial charge in [0.2, 0.25) is 0 Å². The summed E-state index contributed by atoms with van der Waals surface area (Å²) >= 11 is 5.63. The van der Waals surface area contributed by atoms with Crippen LogP contribution in [0.2, 0.25) is 0 Å². The van der Waals surface area contributed by atoms with Crippen molar-refractivity contribution in [3.63, 3.8) is 0 Å². The number of hydrogen-bond donors (Lipinski definition) is 0. The Morgan fingerprint density at radius 1 is 0.895 bits per heavy atom. The second kappa shape index (κ2) is 7.25. The first kappa shape index (κ1) is 14.0. The molecule has 0 aliphatic rings. The second-order valence-corrected chi connectivity index (χ2v) is 4.73. The summed E-state index contributed by atoms with van der Waals surface area (Å²) in [7, 11) is 0. The van der Waals surface area contributed by atoms with Gasteiger partial charge in [0, 0.05) is 5.88 Å². The van der Waals surface area contributed by atoms with E-state index in [9.17, 15) is 0 Å². The monoisotopic (exact) mass is 278 g/mol. The molecule has 2 aromatic carbocycles. The zero-order chi connectivity index (χ0) is 13.5. The molecule has 0 spiro atoms. The molecule has 0 aromatic heterocycles. The molecule has 2 rings (SSSR count). The lowest BCUT2D eigenvalue weighted by molar-refractivity contribution is 0.310. The predicted octanol–water partition coefficient (Wildman–Crippen LogP) is 4.64. The molecule has 0 bridgehead atoms. The van der Waals surface area contributed by atoms with Crippen LogP contribution in [0.4, 0.5) is 0 Å². The second-order valence-electron chi connectivity index (χ2n) is 4.35. The van der Waals surface area contributed by atoms with Gasteiger partial charge in [-0.05, 0) is 54.8 Å². The zero-order valence-electron chi connectivity index (χ0n) is 11.2. The van der Waals surface area contributed by atoms with Crippen LogP contribution >= 0.6 is 11.6 Å². The number of unbranched alkanes of at least 4 members (excludes halogenated alkanes) is 1. The van der Waals surface area contributed by atoms with Crippen LogP contribution in [0.1, 0.15) is 19.8 Å². The molecule has 102 valence electrons. The Balaban J connectivity index is 2.06. The molecule has 19 heavy (non-hydrogen) atoms. The summed E-state index contributed by atoms with van der Waals surface area (Å²) in [5.74, 6) is 2.51. The van der Waals surface area contributed by atoms with Gasteiger partial charge in [-0.15, -0.1) is 11.6 Å². The number of halogens is 1. The van der Waals surface area contributed by atoms with E-state index in [4.69, 9.17) is 21.1 Å². The molecule has 0 amide bonds. The molecular formula is C16H19ClO2. The van der Waals surface area contributed by atoms with Crippen LogP contribution < -0.4 is 9.47 Å². The standard InChI is InChI=1S/C16H19ClO2/c1-2-18-15-7-5-14-12-16(8-6-13(14)11-15)19-10-4-3-9-17/h5-8,11-12H,2-4,9-10H2,1H3. The molecule has 0 unspecified atom stereocenters. The number of benzene rings is 2. The van der Waals surface area contributed by atoms with Crippen LogP contribution in [-0.2, 0) is 0 Å². The van der Waals surface area contributed by atoms with Gasteiger partial charge in [0.25, 0.3) is 0 Å². The predicted molar refractivity (Wildman–Crippen MR) is 80.6 cm³/mol. The smallest absolute Gasteiger partial charge is 0.119 e. The van der Waals surface area contributed by atoms with Crippen molar-refractivity contribution < 1.29 is 9.47 Å². The van der Waals surface area contributed by atoms with Gasteiger partial charge < -0.3 is 9.47 Å². The lowest BCUT2D eigenvalue weighted by Crippen LogP contribution is -1.97. The Morgan fingerprint density at radius 2 is 1.53 bits per heavy atom. The molecule has 0 heterocycles. The first-order valence-corrected chi connectivity index (χ1v) is 7.22. The van der Waals surface area contributed by atoms with Crippen LogP contribution in [0.25, 0.3) is 10.8 Å². The maximum absolute atomic E-state index is 5.70. The third-order valence-corrected chi connectivity index (χ3v) is 3.16. The van der Waals surface area contributed by atoms with Crippen molar-refractivity contribution in [3.8, 4) is 11.5 Å². The molecule has 3 heteroatoms. The minimum absolute atomic E-state index is 0.688. The van der Waals surface area contributed by atoms with Crippen molar-refractivity contribution in [3.05, 3.63) is 36.4 Å². The van der Waals surface area contributed by atoms with Crippen molar-refractivity contribution in [2.45, 2.75) is 19.8 Å². The third kappa shape index (κ3) is 4.03. The van der Waals surface area contributed by atoms with Crippen LogP contribution in [0, 0.1) is 0 Å². The molecule has 2 aromatic rings. The van der Waals surface area contributed by atoms with Gasteiger partial charge in [-0.1, -0.05) is 12.1 Å². The minimum Gasteiger partial charge on any atom is -0.494 e. The fraction of sp³-hybridized carbons (Fsp3) is 0.375. The third-order valence-electron chi connectivity index (χ3n) is 2.89. The molecule has 0 aliphatic heterocycles. The average Bonchev–Trinajstić information content (AvgIpc) is 2.44. The summed E-state index contributed by atoms with van der Waals surface area (Å²) in [5.41, 5.74) is 0. The van der Waals surface area contributed by atoms with Crippen molar-refractivity contribution in [1.29, 1.82) is 0 Å². The molecule has 2 nitrogen and oxygen atoms in total. The van der Waals surface area contributed by atoms with Crippen LogP contribution in [0.15, 0.2) is 36.4 Å². The number of ether oxygens (including phenoxy) is 2.